The summed E-state index contributed by atoms with van der Waals surface area (Å²) in [6.07, 6.45) is 2.12. The van der Waals surface area contributed by atoms with E-state index in [-0.39, 0.29) is 0 Å². The van der Waals surface area contributed by atoms with Crippen LogP contribution in [0.15, 0.2) is 22.9 Å². The highest BCUT2D eigenvalue weighted by molar-refractivity contribution is 9.10. The van der Waals surface area contributed by atoms with Crippen molar-refractivity contribution >= 4 is 28.4 Å². The summed E-state index contributed by atoms with van der Waals surface area (Å²) in [6, 6.07) is 1.01. The molecular formula is C5H3BBrF3N-. The van der Waals surface area contributed by atoms with Crippen molar-refractivity contribution in [3.63, 3.8) is 0 Å². The van der Waals surface area contributed by atoms with E-state index < -0.39 is 12.4 Å². The standard InChI is InChI=1S/C5H3BBrF3N/c7-5-1-4(2-11-3-5)6(8,9)10/h1-3H/q-1. The van der Waals surface area contributed by atoms with Crippen molar-refractivity contribution in [2.75, 3.05) is 0 Å². The quantitative estimate of drug-likeness (QED) is 0.665. The van der Waals surface area contributed by atoms with Gasteiger partial charge in [0.2, 0.25) is 0 Å². The topological polar surface area (TPSA) is 12.9 Å². The van der Waals surface area contributed by atoms with E-state index in [1.807, 2.05) is 0 Å². The molecule has 1 rings (SSSR count). The molecule has 60 valence electrons. The molecule has 6 heteroatoms. The van der Waals surface area contributed by atoms with Crippen LogP contribution >= 0.6 is 15.9 Å². The zero-order chi connectivity index (χ0) is 8.48. The molecule has 1 aromatic rings. The molecule has 1 aromatic heterocycles. The van der Waals surface area contributed by atoms with Crippen LogP contribution in [0.4, 0.5) is 12.9 Å². The highest BCUT2D eigenvalue weighted by Gasteiger charge is 2.25. The minimum atomic E-state index is -4.92. The summed E-state index contributed by atoms with van der Waals surface area (Å²) in [5, 5.41) is 0. The molecular weight excluding hydrogens is 222 g/mol. The van der Waals surface area contributed by atoms with Gasteiger partial charge in [0, 0.05) is 16.9 Å². The van der Waals surface area contributed by atoms with Gasteiger partial charge in [0.1, 0.15) is 0 Å². The first-order chi connectivity index (χ1) is 5.00. The highest BCUT2D eigenvalue weighted by atomic mass is 79.9. The van der Waals surface area contributed by atoms with Gasteiger partial charge in [0.15, 0.2) is 0 Å². The van der Waals surface area contributed by atoms with Crippen LogP contribution in [0.3, 0.4) is 0 Å². The second kappa shape index (κ2) is 2.85. The maximum atomic E-state index is 12.0. The lowest BCUT2D eigenvalue weighted by Gasteiger charge is -2.13. The first kappa shape index (κ1) is 8.58. The minimum Gasteiger partial charge on any atom is -0.445 e. The Morgan fingerprint density at radius 2 is 1.91 bits per heavy atom. The Bertz CT molecular complexity index is 262. The Balaban J connectivity index is 3.06. The van der Waals surface area contributed by atoms with Gasteiger partial charge in [0.05, 0.1) is 0 Å². The minimum absolute atomic E-state index is 0.342. The van der Waals surface area contributed by atoms with Crippen molar-refractivity contribution in [3.8, 4) is 0 Å². The van der Waals surface area contributed by atoms with Crippen LogP contribution in [0.5, 0.6) is 0 Å². The van der Waals surface area contributed by atoms with Crippen molar-refractivity contribution in [1.29, 1.82) is 0 Å². The summed E-state index contributed by atoms with van der Waals surface area (Å²) in [5.41, 5.74) is -0.681. The smallest absolute Gasteiger partial charge is 0.445 e. The average molecular weight is 225 g/mol. The summed E-state index contributed by atoms with van der Waals surface area (Å²) < 4.78 is 36.3. The fourth-order valence-corrected chi connectivity index (χ4v) is 0.990. The molecule has 0 saturated heterocycles. The average Bonchev–Trinajstić information content (AvgIpc) is 1.86. The Hall–Kier alpha value is -0.515. The first-order valence-electron chi connectivity index (χ1n) is 2.80. The maximum Gasteiger partial charge on any atom is 0.511 e. The predicted molar refractivity (Wildman–Crippen MR) is 40.6 cm³/mol. The summed E-state index contributed by atoms with van der Waals surface area (Å²) in [4.78, 5) is 3.40. The molecule has 1 heterocycles. The molecule has 0 bridgehead atoms. The molecule has 0 amide bonds. The van der Waals surface area contributed by atoms with E-state index >= 15 is 0 Å². The Morgan fingerprint density at radius 3 is 2.27 bits per heavy atom. The van der Waals surface area contributed by atoms with Gasteiger partial charge in [0.25, 0.3) is 0 Å². The molecule has 0 fully saturated rings. The zero-order valence-electron chi connectivity index (χ0n) is 5.27. The molecule has 0 N–H and O–H groups in total. The second-order valence-electron chi connectivity index (χ2n) is 2.01. The third kappa shape index (κ3) is 2.22. The molecule has 0 aromatic carbocycles. The van der Waals surface area contributed by atoms with Crippen molar-refractivity contribution in [3.05, 3.63) is 22.9 Å². The fraction of sp³-hybridized carbons (Fsp3) is 0. The molecule has 0 unspecified atom stereocenters. The zero-order valence-corrected chi connectivity index (χ0v) is 6.85. The molecule has 0 radical (unpaired) electrons. The lowest BCUT2D eigenvalue weighted by atomic mass is 9.82. The van der Waals surface area contributed by atoms with E-state index in [1.54, 1.807) is 0 Å². The highest BCUT2D eigenvalue weighted by Crippen LogP contribution is 2.11. The van der Waals surface area contributed by atoms with Crippen molar-refractivity contribution in [1.82, 2.24) is 4.98 Å². The van der Waals surface area contributed by atoms with E-state index in [1.165, 1.54) is 6.20 Å². The second-order valence-corrected chi connectivity index (χ2v) is 2.93. The van der Waals surface area contributed by atoms with Crippen LogP contribution in [-0.4, -0.2) is 12.0 Å². The molecule has 0 aliphatic rings. The summed E-state index contributed by atoms with van der Waals surface area (Å²) in [7, 11) is 0. The van der Waals surface area contributed by atoms with Gasteiger partial charge in [-0.25, -0.2) is 0 Å². The maximum absolute atomic E-state index is 12.0. The van der Waals surface area contributed by atoms with Gasteiger partial charge in [-0.2, -0.15) is 0 Å². The summed E-state index contributed by atoms with van der Waals surface area (Å²) >= 11 is 2.90. The van der Waals surface area contributed by atoms with Gasteiger partial charge in [-0.15, -0.1) is 0 Å². The first-order valence-corrected chi connectivity index (χ1v) is 3.60. The van der Waals surface area contributed by atoms with Crippen LogP contribution in [-0.2, 0) is 0 Å². The predicted octanol–water partition coefficient (Wildman–Crippen LogP) is 1.90. The van der Waals surface area contributed by atoms with Crippen LogP contribution < -0.4 is 5.46 Å². The summed E-state index contributed by atoms with van der Waals surface area (Å²) in [6.45, 7) is -4.92. The molecule has 0 atom stereocenters. The van der Waals surface area contributed by atoms with E-state index in [4.69, 9.17) is 0 Å². The monoisotopic (exact) mass is 224 g/mol. The summed E-state index contributed by atoms with van der Waals surface area (Å²) in [5.74, 6) is 0. The lowest BCUT2D eigenvalue weighted by molar-refractivity contribution is 0.500. The van der Waals surface area contributed by atoms with Gasteiger partial charge in [-0.05, 0) is 15.9 Å². The molecule has 0 aliphatic carbocycles. The van der Waals surface area contributed by atoms with E-state index in [0.717, 1.165) is 12.3 Å². The number of hydrogen-bond acceptors (Lipinski definition) is 1. The molecule has 0 aliphatic heterocycles. The third-order valence-corrected chi connectivity index (χ3v) is 1.54. The molecule has 1 nitrogen and oxygen atoms in total. The number of halogens is 4. The van der Waals surface area contributed by atoms with E-state index in [9.17, 15) is 12.9 Å². The SMILES string of the molecule is F[B-](F)(F)c1cncc(Br)c1. The van der Waals surface area contributed by atoms with Crippen molar-refractivity contribution < 1.29 is 12.9 Å². The Kier molecular flexibility index (Phi) is 2.22. The van der Waals surface area contributed by atoms with Gasteiger partial charge < -0.3 is 12.9 Å². The molecule has 0 spiro atoms. The van der Waals surface area contributed by atoms with Crippen molar-refractivity contribution in [2.45, 2.75) is 0 Å². The normalized spacial score (nSPS) is 11.6. The fourth-order valence-electron chi connectivity index (χ4n) is 0.607. The Labute approximate surface area is 69.8 Å². The molecule has 0 saturated carbocycles. The largest absolute Gasteiger partial charge is 0.511 e. The number of pyridine rings is 1. The van der Waals surface area contributed by atoms with Crippen molar-refractivity contribution in [2.24, 2.45) is 0 Å². The number of aromatic nitrogens is 1. The van der Waals surface area contributed by atoms with Gasteiger partial charge in [-0.1, -0.05) is 11.5 Å². The third-order valence-electron chi connectivity index (χ3n) is 1.10. The van der Waals surface area contributed by atoms with Crippen LogP contribution in [0, 0.1) is 0 Å². The van der Waals surface area contributed by atoms with E-state index in [2.05, 4.69) is 20.9 Å². The van der Waals surface area contributed by atoms with E-state index in [0.29, 0.717) is 4.47 Å². The lowest BCUT2D eigenvalue weighted by Crippen LogP contribution is -2.34. The Morgan fingerprint density at radius 1 is 1.27 bits per heavy atom. The van der Waals surface area contributed by atoms with Gasteiger partial charge >= 0.3 is 6.98 Å². The molecule has 11 heavy (non-hydrogen) atoms. The number of rotatable bonds is 1. The number of nitrogens with zero attached hydrogens (tertiary/aromatic N) is 1. The van der Waals surface area contributed by atoms with Crippen LogP contribution in [0.2, 0.25) is 0 Å². The van der Waals surface area contributed by atoms with Crippen LogP contribution in [0.1, 0.15) is 0 Å². The van der Waals surface area contributed by atoms with Crippen LogP contribution in [0.25, 0.3) is 0 Å². The van der Waals surface area contributed by atoms with Gasteiger partial charge in [-0.3, -0.25) is 4.98 Å². The number of hydrogen-bond donors (Lipinski definition) is 0.